The monoisotopic (exact) mass is 345 g/mol. The molecule has 0 fully saturated rings. The summed E-state index contributed by atoms with van der Waals surface area (Å²) in [5.74, 6) is -1.31. The first-order valence-electron chi connectivity index (χ1n) is 7.24. The van der Waals surface area contributed by atoms with Crippen LogP contribution in [0.5, 0.6) is 0 Å². The van der Waals surface area contributed by atoms with Crippen LogP contribution in [0.1, 0.15) is 0 Å². The maximum atomic E-state index is 12.3. The van der Waals surface area contributed by atoms with Gasteiger partial charge < -0.3 is 19.1 Å². The fraction of sp³-hybridized carbons (Fsp3) is 0.267. The van der Waals surface area contributed by atoms with Crippen LogP contribution in [-0.2, 0) is 23.8 Å². The van der Waals surface area contributed by atoms with E-state index < -0.39 is 11.9 Å². The highest BCUT2D eigenvalue weighted by molar-refractivity contribution is 6.03. The van der Waals surface area contributed by atoms with E-state index in [-0.39, 0.29) is 24.6 Å². The predicted octanol–water partition coefficient (Wildman–Crippen LogP) is 0.0565. The maximum absolute atomic E-state index is 12.3. The van der Waals surface area contributed by atoms with Crippen molar-refractivity contribution < 1.29 is 23.8 Å². The summed E-state index contributed by atoms with van der Waals surface area (Å²) in [6, 6.07) is 7.09. The first-order chi connectivity index (χ1) is 12.2. The summed E-state index contributed by atoms with van der Waals surface area (Å²) in [6.45, 7) is 0.0320. The lowest BCUT2D eigenvalue weighted by molar-refractivity contribution is -0.140. The molecule has 3 rings (SSSR count). The normalized spacial score (nSPS) is 14.4. The van der Waals surface area contributed by atoms with Gasteiger partial charge >= 0.3 is 11.9 Å². The molecule has 0 spiro atoms. The topological polar surface area (TPSA) is 109 Å². The number of benzene rings is 1. The molecule has 0 bridgehead atoms. The van der Waals surface area contributed by atoms with E-state index in [9.17, 15) is 9.59 Å². The summed E-state index contributed by atoms with van der Waals surface area (Å²) >= 11 is 0. The number of esters is 2. The molecule has 0 saturated carbocycles. The Hall–Kier alpha value is -3.27. The highest BCUT2D eigenvalue weighted by Gasteiger charge is 2.32. The van der Waals surface area contributed by atoms with Crippen LogP contribution in [0.25, 0.3) is 5.69 Å². The zero-order chi connectivity index (χ0) is 17.8. The number of hydrogen-bond acceptors (Lipinski definition) is 9. The Morgan fingerprint density at radius 1 is 1.16 bits per heavy atom. The minimum atomic E-state index is -0.656. The molecule has 10 nitrogen and oxygen atoms in total. The second kappa shape index (κ2) is 7.09. The first kappa shape index (κ1) is 16.6. The van der Waals surface area contributed by atoms with Gasteiger partial charge in [0.25, 0.3) is 0 Å². The standard InChI is InChI=1S/C15H15N5O5/c1-23-14(21)12-7-25-9-19(13(12)15(22)24-2)10-4-3-5-11(6-10)20-8-16-17-18-20/h3-6,8H,7,9H2,1-2H3. The summed E-state index contributed by atoms with van der Waals surface area (Å²) in [5.41, 5.74) is 1.45. The third kappa shape index (κ3) is 3.19. The molecule has 0 unspecified atom stereocenters. The molecule has 1 aliphatic rings. The number of methoxy groups -OCH3 is 2. The molecule has 0 aliphatic carbocycles. The Labute approximate surface area is 142 Å². The quantitative estimate of drug-likeness (QED) is 0.710. The van der Waals surface area contributed by atoms with Crippen LogP contribution in [0.4, 0.5) is 5.69 Å². The minimum Gasteiger partial charge on any atom is -0.466 e. The van der Waals surface area contributed by atoms with Gasteiger partial charge in [-0.05, 0) is 28.6 Å². The molecule has 2 aromatic rings. The van der Waals surface area contributed by atoms with Crippen LogP contribution < -0.4 is 4.90 Å². The van der Waals surface area contributed by atoms with Crippen molar-refractivity contribution >= 4 is 17.6 Å². The Morgan fingerprint density at radius 2 is 1.92 bits per heavy atom. The number of aromatic nitrogens is 4. The predicted molar refractivity (Wildman–Crippen MR) is 83.5 cm³/mol. The SMILES string of the molecule is COC(=O)C1=C(C(=O)OC)N(c2cccc(-n3cnnn3)c2)COC1. The Morgan fingerprint density at radius 3 is 2.60 bits per heavy atom. The van der Waals surface area contributed by atoms with Gasteiger partial charge in [-0.25, -0.2) is 14.3 Å². The molecule has 2 heterocycles. The van der Waals surface area contributed by atoms with E-state index in [0.717, 1.165) is 0 Å². The van der Waals surface area contributed by atoms with Gasteiger partial charge in [0.05, 0.1) is 32.1 Å². The van der Waals surface area contributed by atoms with Gasteiger partial charge in [0, 0.05) is 5.69 Å². The zero-order valence-corrected chi connectivity index (χ0v) is 13.6. The van der Waals surface area contributed by atoms with Gasteiger partial charge in [-0.2, -0.15) is 0 Å². The number of ether oxygens (including phenoxy) is 3. The summed E-state index contributed by atoms with van der Waals surface area (Å²) in [7, 11) is 2.48. The molecule has 10 heteroatoms. The van der Waals surface area contributed by atoms with E-state index in [0.29, 0.717) is 11.4 Å². The number of hydrogen-bond donors (Lipinski definition) is 0. The van der Waals surface area contributed by atoms with Gasteiger partial charge in [0.15, 0.2) is 0 Å². The number of nitrogens with zero attached hydrogens (tertiary/aromatic N) is 5. The van der Waals surface area contributed by atoms with Gasteiger partial charge in [0.2, 0.25) is 0 Å². The number of rotatable bonds is 4. The van der Waals surface area contributed by atoms with E-state index in [1.54, 1.807) is 24.3 Å². The van der Waals surface area contributed by atoms with E-state index in [4.69, 9.17) is 14.2 Å². The van der Waals surface area contributed by atoms with Crippen molar-refractivity contribution in [2.75, 3.05) is 32.5 Å². The van der Waals surface area contributed by atoms with Crippen molar-refractivity contribution in [3.05, 3.63) is 41.9 Å². The third-order valence-electron chi connectivity index (χ3n) is 3.59. The lowest BCUT2D eigenvalue weighted by Gasteiger charge is -2.31. The summed E-state index contributed by atoms with van der Waals surface area (Å²) in [5, 5.41) is 11.0. The largest absolute Gasteiger partial charge is 0.466 e. The van der Waals surface area contributed by atoms with Gasteiger partial charge in [-0.3, -0.25) is 0 Å². The molecule has 1 aliphatic heterocycles. The molecular weight excluding hydrogens is 330 g/mol. The van der Waals surface area contributed by atoms with Crippen LogP contribution in [0.3, 0.4) is 0 Å². The molecule has 25 heavy (non-hydrogen) atoms. The van der Waals surface area contributed by atoms with Crippen LogP contribution in [0, 0.1) is 0 Å². The average Bonchev–Trinajstić information content (AvgIpc) is 3.21. The Bertz CT molecular complexity index is 817. The Kier molecular flexibility index (Phi) is 4.70. The lowest BCUT2D eigenvalue weighted by Crippen LogP contribution is -2.38. The summed E-state index contributed by atoms with van der Waals surface area (Å²) in [6.07, 6.45) is 1.45. The highest BCUT2D eigenvalue weighted by atomic mass is 16.5. The molecule has 0 radical (unpaired) electrons. The van der Waals surface area contributed by atoms with Gasteiger partial charge in [0.1, 0.15) is 18.8 Å². The van der Waals surface area contributed by atoms with Crippen LogP contribution in [0.15, 0.2) is 41.9 Å². The van der Waals surface area contributed by atoms with Gasteiger partial charge in [-0.15, -0.1) is 5.10 Å². The molecule has 1 aromatic carbocycles. The van der Waals surface area contributed by atoms with E-state index >= 15 is 0 Å². The second-order valence-electron chi connectivity index (χ2n) is 4.99. The second-order valence-corrected chi connectivity index (χ2v) is 4.99. The first-order valence-corrected chi connectivity index (χ1v) is 7.24. The number of carbonyl (C=O) groups is 2. The fourth-order valence-corrected chi connectivity index (χ4v) is 2.43. The molecule has 0 atom stereocenters. The highest BCUT2D eigenvalue weighted by Crippen LogP contribution is 2.27. The summed E-state index contributed by atoms with van der Waals surface area (Å²) in [4.78, 5) is 25.8. The molecule has 1 aromatic heterocycles. The van der Waals surface area contributed by atoms with E-state index in [1.165, 1.54) is 30.1 Å². The van der Waals surface area contributed by atoms with Crippen molar-refractivity contribution in [2.24, 2.45) is 0 Å². The van der Waals surface area contributed by atoms with Crippen LogP contribution >= 0.6 is 0 Å². The molecular formula is C15H15N5O5. The Balaban J connectivity index is 2.07. The van der Waals surface area contributed by atoms with E-state index in [1.807, 2.05) is 0 Å². The minimum absolute atomic E-state index is 0.0414. The van der Waals surface area contributed by atoms with Crippen LogP contribution in [0.2, 0.25) is 0 Å². The lowest BCUT2D eigenvalue weighted by atomic mass is 10.1. The number of carbonyl (C=O) groups excluding carboxylic acids is 2. The number of anilines is 1. The maximum Gasteiger partial charge on any atom is 0.355 e. The third-order valence-corrected chi connectivity index (χ3v) is 3.59. The van der Waals surface area contributed by atoms with Crippen LogP contribution in [-0.4, -0.2) is 59.7 Å². The van der Waals surface area contributed by atoms with Crippen molar-refractivity contribution in [2.45, 2.75) is 0 Å². The number of tetrazole rings is 1. The fourth-order valence-electron chi connectivity index (χ4n) is 2.43. The molecule has 0 amide bonds. The van der Waals surface area contributed by atoms with Crippen molar-refractivity contribution in [3.8, 4) is 5.69 Å². The van der Waals surface area contributed by atoms with Gasteiger partial charge in [-0.1, -0.05) is 6.07 Å². The molecule has 0 N–H and O–H groups in total. The molecule has 0 saturated heterocycles. The van der Waals surface area contributed by atoms with Crippen molar-refractivity contribution in [1.29, 1.82) is 0 Å². The zero-order valence-electron chi connectivity index (χ0n) is 13.6. The van der Waals surface area contributed by atoms with E-state index in [2.05, 4.69) is 15.5 Å². The molecule has 130 valence electrons. The summed E-state index contributed by atoms with van der Waals surface area (Å²) < 4.78 is 16.5. The van der Waals surface area contributed by atoms with Crippen molar-refractivity contribution in [3.63, 3.8) is 0 Å². The smallest absolute Gasteiger partial charge is 0.355 e. The average molecular weight is 345 g/mol. The van der Waals surface area contributed by atoms with Crippen molar-refractivity contribution in [1.82, 2.24) is 20.2 Å².